The molecule has 0 N–H and O–H groups in total. The third kappa shape index (κ3) is 4.85. The monoisotopic (exact) mass is 326 g/mol. The Hall–Kier alpha value is 0.350. The molecule has 0 aromatic carbocycles. The Balaban J connectivity index is 2.58. The molecule has 1 saturated heterocycles. The average molecular weight is 327 g/mol. The van der Waals surface area contributed by atoms with Gasteiger partial charge in [0.15, 0.2) is 0 Å². The Morgan fingerprint density at radius 3 is 2.24 bits per heavy atom. The van der Waals surface area contributed by atoms with Crippen molar-refractivity contribution in [1.82, 2.24) is 8.61 Å². The van der Waals surface area contributed by atoms with E-state index in [1.54, 1.807) is 11.4 Å². The Morgan fingerprint density at radius 1 is 1.24 bits per heavy atom. The number of rotatable bonds is 5. The van der Waals surface area contributed by atoms with E-state index in [1.165, 1.54) is 4.31 Å². The maximum absolute atomic E-state index is 12.3. The van der Waals surface area contributed by atoms with Crippen molar-refractivity contribution in [2.24, 2.45) is 0 Å². The Labute approximate surface area is 114 Å². The molecule has 1 heterocycles. The zero-order chi connectivity index (χ0) is 12.9. The van der Waals surface area contributed by atoms with E-state index >= 15 is 0 Å². The summed E-state index contributed by atoms with van der Waals surface area (Å²) in [7, 11) is -1.56. The van der Waals surface area contributed by atoms with Gasteiger partial charge in [0.05, 0.1) is 0 Å². The van der Waals surface area contributed by atoms with Crippen molar-refractivity contribution in [2.75, 3.05) is 26.7 Å². The van der Waals surface area contributed by atoms with Crippen molar-refractivity contribution in [2.45, 2.75) is 43.9 Å². The van der Waals surface area contributed by atoms with E-state index < -0.39 is 10.2 Å². The lowest BCUT2D eigenvalue weighted by molar-refractivity contribution is 0.363. The highest BCUT2D eigenvalue weighted by Crippen LogP contribution is 2.16. The molecule has 1 atom stereocenters. The first kappa shape index (κ1) is 15.4. The summed E-state index contributed by atoms with van der Waals surface area (Å²) in [5, 5.41) is 0. The summed E-state index contributed by atoms with van der Waals surface area (Å²) in [5.41, 5.74) is 0. The Morgan fingerprint density at radius 2 is 1.76 bits per heavy atom. The lowest BCUT2D eigenvalue weighted by atomic mass is 10.2. The lowest BCUT2D eigenvalue weighted by Crippen LogP contribution is -2.43. The van der Waals surface area contributed by atoms with Crippen LogP contribution in [0, 0.1) is 0 Å². The van der Waals surface area contributed by atoms with E-state index in [0.717, 1.165) is 32.1 Å². The minimum absolute atomic E-state index is 0.351. The lowest BCUT2D eigenvalue weighted by Gasteiger charge is -2.26. The molecule has 1 aliphatic heterocycles. The van der Waals surface area contributed by atoms with Crippen LogP contribution in [0.2, 0.25) is 0 Å². The molecule has 17 heavy (non-hydrogen) atoms. The zero-order valence-electron chi connectivity index (χ0n) is 10.7. The van der Waals surface area contributed by atoms with Crippen LogP contribution in [0.25, 0.3) is 0 Å². The quantitative estimate of drug-likeness (QED) is 0.727. The van der Waals surface area contributed by atoms with Gasteiger partial charge in [-0.25, -0.2) is 0 Å². The molecule has 0 spiro atoms. The summed E-state index contributed by atoms with van der Waals surface area (Å²) >= 11 is 3.44. The molecular formula is C11H23BrN2O2S. The molecule has 0 amide bonds. The maximum Gasteiger partial charge on any atom is 0.281 e. The van der Waals surface area contributed by atoms with E-state index in [4.69, 9.17) is 0 Å². The highest BCUT2D eigenvalue weighted by molar-refractivity contribution is 9.09. The van der Waals surface area contributed by atoms with Gasteiger partial charge < -0.3 is 0 Å². The minimum Gasteiger partial charge on any atom is -0.195 e. The highest BCUT2D eigenvalue weighted by atomic mass is 79.9. The molecular weight excluding hydrogens is 304 g/mol. The van der Waals surface area contributed by atoms with Gasteiger partial charge in [0.25, 0.3) is 10.2 Å². The predicted molar refractivity (Wildman–Crippen MR) is 74.6 cm³/mol. The van der Waals surface area contributed by atoms with E-state index in [1.807, 2.05) is 6.92 Å². The topological polar surface area (TPSA) is 40.6 Å². The van der Waals surface area contributed by atoms with Gasteiger partial charge in [-0.3, -0.25) is 0 Å². The van der Waals surface area contributed by atoms with Crippen molar-refractivity contribution in [3.8, 4) is 0 Å². The van der Waals surface area contributed by atoms with Gasteiger partial charge in [-0.15, -0.1) is 0 Å². The van der Waals surface area contributed by atoms with Gasteiger partial charge in [0.1, 0.15) is 0 Å². The molecule has 0 aromatic rings. The summed E-state index contributed by atoms with van der Waals surface area (Å²) in [6.07, 6.45) is 5.11. The molecule has 0 bridgehead atoms. The second-order valence-electron chi connectivity index (χ2n) is 4.71. The molecule has 0 saturated carbocycles. The standard InChI is InChI=1S/C11H23BrN2O2S/c1-11(12)7-10-13(2)17(15,16)14-8-5-3-4-6-9-14/h11H,3-10H2,1-2H3. The molecule has 1 fully saturated rings. The number of nitrogens with zero attached hydrogens (tertiary/aromatic N) is 2. The van der Waals surface area contributed by atoms with Crippen LogP contribution in [0.5, 0.6) is 0 Å². The van der Waals surface area contributed by atoms with E-state index in [0.29, 0.717) is 24.5 Å². The summed E-state index contributed by atoms with van der Waals surface area (Å²) in [6, 6.07) is 0. The first-order chi connectivity index (χ1) is 7.94. The average Bonchev–Trinajstić information content (AvgIpc) is 2.54. The first-order valence-corrected chi connectivity index (χ1v) is 8.61. The molecule has 102 valence electrons. The van der Waals surface area contributed by atoms with Gasteiger partial charge in [-0.05, 0) is 19.3 Å². The van der Waals surface area contributed by atoms with Gasteiger partial charge in [-0.2, -0.15) is 17.0 Å². The van der Waals surface area contributed by atoms with Crippen molar-refractivity contribution in [3.05, 3.63) is 0 Å². The fourth-order valence-electron chi connectivity index (χ4n) is 1.94. The Kier molecular flexibility index (Phi) is 6.40. The van der Waals surface area contributed by atoms with Crippen LogP contribution in [0.3, 0.4) is 0 Å². The summed E-state index contributed by atoms with van der Waals surface area (Å²) in [6.45, 7) is 3.96. The van der Waals surface area contributed by atoms with Crippen LogP contribution < -0.4 is 0 Å². The van der Waals surface area contributed by atoms with Crippen LogP contribution >= 0.6 is 15.9 Å². The molecule has 1 rings (SSSR count). The van der Waals surface area contributed by atoms with Crippen LogP contribution in [-0.4, -0.2) is 48.5 Å². The maximum atomic E-state index is 12.3. The largest absolute Gasteiger partial charge is 0.281 e. The van der Waals surface area contributed by atoms with Gasteiger partial charge in [-0.1, -0.05) is 35.7 Å². The molecule has 0 aliphatic carbocycles. The van der Waals surface area contributed by atoms with Gasteiger partial charge in [0.2, 0.25) is 0 Å². The van der Waals surface area contributed by atoms with Gasteiger partial charge in [0, 0.05) is 31.5 Å². The number of hydrogen-bond donors (Lipinski definition) is 0. The smallest absolute Gasteiger partial charge is 0.195 e. The van der Waals surface area contributed by atoms with Crippen molar-refractivity contribution in [3.63, 3.8) is 0 Å². The SMILES string of the molecule is CC(Br)CCN(C)S(=O)(=O)N1CCCCCC1. The molecule has 0 aromatic heterocycles. The normalized spacial score (nSPS) is 21.4. The summed E-state index contributed by atoms with van der Waals surface area (Å²) in [4.78, 5) is 0.351. The molecule has 1 aliphatic rings. The molecule has 4 nitrogen and oxygen atoms in total. The second-order valence-corrected chi connectivity index (χ2v) is 8.31. The minimum atomic E-state index is -3.24. The van der Waals surface area contributed by atoms with E-state index in [-0.39, 0.29) is 0 Å². The van der Waals surface area contributed by atoms with E-state index in [2.05, 4.69) is 15.9 Å². The predicted octanol–water partition coefficient (Wildman–Crippen LogP) is 2.21. The zero-order valence-corrected chi connectivity index (χ0v) is 13.1. The third-order valence-corrected chi connectivity index (χ3v) is 5.57. The number of hydrogen-bond acceptors (Lipinski definition) is 2. The van der Waals surface area contributed by atoms with Crippen molar-refractivity contribution in [1.29, 1.82) is 0 Å². The van der Waals surface area contributed by atoms with Crippen molar-refractivity contribution < 1.29 is 8.42 Å². The molecule has 0 radical (unpaired) electrons. The first-order valence-electron chi connectivity index (χ1n) is 6.30. The van der Waals surface area contributed by atoms with Crippen LogP contribution in [0.4, 0.5) is 0 Å². The van der Waals surface area contributed by atoms with E-state index in [9.17, 15) is 8.42 Å². The van der Waals surface area contributed by atoms with Gasteiger partial charge >= 0.3 is 0 Å². The van der Waals surface area contributed by atoms with Crippen LogP contribution in [0.15, 0.2) is 0 Å². The Bertz CT molecular complexity index is 311. The fraction of sp³-hybridized carbons (Fsp3) is 1.00. The molecule has 6 heteroatoms. The van der Waals surface area contributed by atoms with Crippen LogP contribution in [-0.2, 0) is 10.2 Å². The van der Waals surface area contributed by atoms with Crippen molar-refractivity contribution >= 4 is 26.1 Å². The number of alkyl halides is 1. The third-order valence-electron chi connectivity index (χ3n) is 3.13. The highest BCUT2D eigenvalue weighted by Gasteiger charge is 2.27. The summed E-state index contributed by atoms with van der Waals surface area (Å²) < 4.78 is 27.7. The summed E-state index contributed by atoms with van der Waals surface area (Å²) in [5.74, 6) is 0. The fourth-order valence-corrected chi connectivity index (χ4v) is 3.60. The second kappa shape index (κ2) is 7.07. The molecule has 1 unspecified atom stereocenters. The number of halogens is 1. The van der Waals surface area contributed by atoms with Crippen LogP contribution in [0.1, 0.15) is 39.0 Å².